The van der Waals surface area contributed by atoms with Crippen LogP contribution in [0.1, 0.15) is 40.0 Å². The second-order valence-corrected chi connectivity index (χ2v) is 6.28. The van der Waals surface area contributed by atoms with Gasteiger partial charge in [-0.25, -0.2) is 4.79 Å². The zero-order valence-electron chi connectivity index (χ0n) is 11.0. The van der Waals surface area contributed by atoms with Crippen molar-refractivity contribution in [3.63, 3.8) is 0 Å². The molecule has 1 saturated heterocycles. The summed E-state index contributed by atoms with van der Waals surface area (Å²) < 4.78 is 5.37. The smallest absolute Gasteiger partial charge is 0.410 e. The molecule has 4 nitrogen and oxygen atoms in total. The first-order valence-electron chi connectivity index (χ1n) is 6.53. The van der Waals surface area contributed by atoms with Gasteiger partial charge in [0.15, 0.2) is 0 Å². The fraction of sp³-hybridized carbons (Fsp3) is 0.923. The third kappa shape index (κ3) is 2.92. The van der Waals surface area contributed by atoms with E-state index in [1.807, 2.05) is 20.8 Å². The van der Waals surface area contributed by atoms with Gasteiger partial charge in [-0.3, -0.25) is 0 Å². The molecule has 0 bridgehead atoms. The fourth-order valence-corrected chi connectivity index (χ4v) is 2.92. The predicted molar refractivity (Wildman–Crippen MR) is 64.6 cm³/mol. The third-order valence-corrected chi connectivity index (χ3v) is 3.79. The first kappa shape index (κ1) is 12.7. The van der Waals surface area contributed by atoms with Crippen LogP contribution >= 0.6 is 0 Å². The molecule has 17 heavy (non-hydrogen) atoms. The number of aliphatic hydroxyl groups excluding tert-OH is 1. The normalized spacial score (nSPS) is 33.4. The zero-order valence-corrected chi connectivity index (χ0v) is 11.0. The Morgan fingerprint density at radius 1 is 1.29 bits per heavy atom. The number of ether oxygens (including phenoxy) is 1. The molecule has 4 heteroatoms. The lowest BCUT2D eigenvalue weighted by atomic mass is 9.88. The van der Waals surface area contributed by atoms with Crippen LogP contribution < -0.4 is 0 Å². The molecule has 3 unspecified atom stereocenters. The number of fused-ring (bicyclic) bond motifs is 1. The highest BCUT2D eigenvalue weighted by molar-refractivity contribution is 5.68. The summed E-state index contributed by atoms with van der Waals surface area (Å²) in [6, 6.07) is 0. The van der Waals surface area contributed by atoms with Gasteiger partial charge in [0.25, 0.3) is 0 Å². The van der Waals surface area contributed by atoms with Gasteiger partial charge in [0.1, 0.15) is 5.60 Å². The second kappa shape index (κ2) is 4.48. The van der Waals surface area contributed by atoms with Crippen molar-refractivity contribution in [1.29, 1.82) is 0 Å². The molecule has 2 aliphatic rings. The SMILES string of the molecule is CC(C)(C)OC(=O)N1CCC2CCC(O)C2C1. The van der Waals surface area contributed by atoms with Crippen LogP contribution in [0.25, 0.3) is 0 Å². The Morgan fingerprint density at radius 2 is 2.00 bits per heavy atom. The largest absolute Gasteiger partial charge is 0.444 e. The average Bonchev–Trinajstić information content (AvgIpc) is 2.57. The molecule has 1 amide bonds. The number of rotatable bonds is 0. The number of aliphatic hydroxyl groups is 1. The molecule has 1 N–H and O–H groups in total. The maximum absolute atomic E-state index is 11.9. The minimum Gasteiger partial charge on any atom is -0.444 e. The lowest BCUT2D eigenvalue weighted by Gasteiger charge is -2.36. The standard InChI is InChI=1S/C13H23NO3/c1-13(2,3)17-12(16)14-7-6-9-4-5-11(15)10(9)8-14/h9-11,15H,4-8H2,1-3H3. The summed E-state index contributed by atoms with van der Waals surface area (Å²) >= 11 is 0. The van der Waals surface area contributed by atoms with E-state index in [9.17, 15) is 9.90 Å². The van der Waals surface area contributed by atoms with Crippen LogP contribution in [0.3, 0.4) is 0 Å². The highest BCUT2D eigenvalue weighted by Crippen LogP contribution is 2.38. The topological polar surface area (TPSA) is 49.8 Å². The van der Waals surface area contributed by atoms with Gasteiger partial charge >= 0.3 is 6.09 Å². The first-order chi connectivity index (χ1) is 7.87. The Kier molecular flexibility index (Phi) is 3.34. The molecule has 1 aliphatic heterocycles. The van der Waals surface area contributed by atoms with Gasteiger partial charge in [-0.2, -0.15) is 0 Å². The molecule has 0 radical (unpaired) electrons. The molecule has 2 rings (SSSR count). The molecule has 0 spiro atoms. The number of piperidine rings is 1. The van der Waals surface area contributed by atoms with Crippen molar-refractivity contribution in [3.05, 3.63) is 0 Å². The molecule has 0 aromatic heterocycles. The van der Waals surface area contributed by atoms with Crippen LogP contribution in [0.15, 0.2) is 0 Å². The third-order valence-electron chi connectivity index (χ3n) is 3.79. The molecular formula is C13H23NO3. The average molecular weight is 241 g/mol. The van der Waals surface area contributed by atoms with E-state index in [-0.39, 0.29) is 18.1 Å². The predicted octanol–water partition coefficient (Wildman–Crippen LogP) is 2.01. The van der Waals surface area contributed by atoms with Gasteiger partial charge in [0.05, 0.1) is 6.10 Å². The minimum absolute atomic E-state index is 0.231. The first-order valence-corrected chi connectivity index (χ1v) is 6.53. The van der Waals surface area contributed by atoms with Crippen molar-refractivity contribution in [2.45, 2.75) is 51.7 Å². The molecular weight excluding hydrogens is 218 g/mol. The fourth-order valence-electron chi connectivity index (χ4n) is 2.92. The van der Waals surface area contributed by atoms with E-state index in [1.54, 1.807) is 4.90 Å². The Balaban J connectivity index is 1.93. The van der Waals surface area contributed by atoms with E-state index >= 15 is 0 Å². The van der Waals surface area contributed by atoms with Crippen molar-refractivity contribution in [3.8, 4) is 0 Å². The van der Waals surface area contributed by atoms with Crippen LogP contribution in [0.5, 0.6) is 0 Å². The minimum atomic E-state index is -0.442. The lowest BCUT2D eigenvalue weighted by Crippen LogP contribution is -2.46. The second-order valence-electron chi connectivity index (χ2n) is 6.28. The molecule has 1 saturated carbocycles. The van der Waals surface area contributed by atoms with Gasteiger partial charge in [0.2, 0.25) is 0 Å². The van der Waals surface area contributed by atoms with Gasteiger partial charge in [-0.15, -0.1) is 0 Å². The summed E-state index contributed by atoms with van der Waals surface area (Å²) in [6.07, 6.45) is 2.52. The van der Waals surface area contributed by atoms with Gasteiger partial charge in [-0.05, 0) is 46.0 Å². The van der Waals surface area contributed by atoms with E-state index in [1.165, 1.54) is 0 Å². The number of hydrogen-bond donors (Lipinski definition) is 1. The van der Waals surface area contributed by atoms with Crippen molar-refractivity contribution in [2.75, 3.05) is 13.1 Å². The maximum Gasteiger partial charge on any atom is 0.410 e. The number of carbonyl (C=O) groups is 1. The van der Waals surface area contributed by atoms with Crippen molar-refractivity contribution < 1.29 is 14.6 Å². The summed E-state index contributed by atoms with van der Waals surface area (Å²) in [5.41, 5.74) is -0.442. The summed E-state index contributed by atoms with van der Waals surface area (Å²) in [6.45, 7) is 7.05. The van der Waals surface area contributed by atoms with E-state index in [0.29, 0.717) is 12.5 Å². The molecule has 2 fully saturated rings. The summed E-state index contributed by atoms with van der Waals surface area (Å²) in [4.78, 5) is 13.7. The number of nitrogens with zero attached hydrogens (tertiary/aromatic N) is 1. The van der Waals surface area contributed by atoms with Crippen LogP contribution in [0.4, 0.5) is 4.79 Å². The summed E-state index contributed by atoms with van der Waals surface area (Å²) in [5, 5.41) is 9.88. The Bertz CT molecular complexity index is 298. The van der Waals surface area contributed by atoms with Crippen molar-refractivity contribution in [1.82, 2.24) is 4.90 Å². The summed E-state index contributed by atoms with van der Waals surface area (Å²) in [5.74, 6) is 0.861. The number of amides is 1. The Labute approximate surface area is 103 Å². The number of hydrogen-bond acceptors (Lipinski definition) is 3. The molecule has 98 valence electrons. The quantitative estimate of drug-likeness (QED) is 0.706. The van der Waals surface area contributed by atoms with Crippen LogP contribution in [-0.4, -0.2) is 40.9 Å². The molecule has 3 atom stereocenters. The zero-order chi connectivity index (χ0) is 12.6. The molecule has 1 heterocycles. The summed E-state index contributed by atoms with van der Waals surface area (Å²) in [7, 11) is 0. The Hall–Kier alpha value is -0.770. The van der Waals surface area contributed by atoms with Crippen LogP contribution in [-0.2, 0) is 4.74 Å². The monoisotopic (exact) mass is 241 g/mol. The maximum atomic E-state index is 11.9. The van der Waals surface area contributed by atoms with E-state index in [4.69, 9.17) is 4.74 Å². The van der Waals surface area contributed by atoms with Crippen molar-refractivity contribution in [2.24, 2.45) is 11.8 Å². The number of likely N-dealkylation sites (tertiary alicyclic amines) is 1. The lowest BCUT2D eigenvalue weighted by molar-refractivity contribution is 0.00177. The van der Waals surface area contributed by atoms with Crippen molar-refractivity contribution >= 4 is 6.09 Å². The van der Waals surface area contributed by atoms with E-state index in [0.717, 1.165) is 25.8 Å². The van der Waals surface area contributed by atoms with Crippen LogP contribution in [0.2, 0.25) is 0 Å². The highest BCUT2D eigenvalue weighted by atomic mass is 16.6. The van der Waals surface area contributed by atoms with Gasteiger partial charge < -0.3 is 14.7 Å². The Morgan fingerprint density at radius 3 is 2.65 bits per heavy atom. The number of carbonyl (C=O) groups excluding carboxylic acids is 1. The van der Waals surface area contributed by atoms with Crippen LogP contribution in [0, 0.1) is 11.8 Å². The molecule has 1 aliphatic carbocycles. The van der Waals surface area contributed by atoms with Gasteiger partial charge in [-0.1, -0.05) is 0 Å². The highest BCUT2D eigenvalue weighted by Gasteiger charge is 2.40. The van der Waals surface area contributed by atoms with E-state index in [2.05, 4.69) is 0 Å². The molecule has 0 aromatic rings. The van der Waals surface area contributed by atoms with Gasteiger partial charge in [0, 0.05) is 19.0 Å². The molecule has 0 aromatic carbocycles. The van der Waals surface area contributed by atoms with E-state index < -0.39 is 5.60 Å².